The van der Waals surface area contributed by atoms with Crippen LogP contribution in [0.25, 0.3) is 0 Å². The van der Waals surface area contributed by atoms with E-state index in [9.17, 15) is 4.79 Å². The van der Waals surface area contributed by atoms with Gasteiger partial charge in [0.05, 0.1) is 6.34 Å². The molecule has 0 aromatic carbocycles. The molecular weight excluding hydrogens is 380 g/mol. The lowest BCUT2D eigenvalue weighted by Gasteiger charge is -2.10. The Morgan fingerprint density at radius 2 is 1.38 bits per heavy atom. The van der Waals surface area contributed by atoms with Crippen LogP contribution in [0, 0.1) is 5.41 Å². The van der Waals surface area contributed by atoms with Gasteiger partial charge < -0.3 is 10.4 Å². The largest absolute Gasteiger partial charge is 0.480 e. The predicted molar refractivity (Wildman–Crippen MR) is 129 cm³/mol. The highest BCUT2D eigenvalue weighted by molar-refractivity contribution is 7.99. The zero-order chi connectivity index (χ0) is 22.1. The fourth-order valence-corrected chi connectivity index (χ4v) is 3.68. The maximum atomic E-state index is 11.0. The minimum atomic E-state index is -0.916. The van der Waals surface area contributed by atoms with E-state index in [1.54, 1.807) is 11.8 Å². The number of aliphatic carboxylic acids is 1. The average Bonchev–Trinajstić information content (AvgIpc) is 2.63. The number of carboxylic acid groups (broad SMARTS) is 1. The van der Waals surface area contributed by atoms with Gasteiger partial charge in [-0.3, -0.25) is 5.41 Å². The van der Waals surface area contributed by atoms with Gasteiger partial charge in [-0.1, -0.05) is 46.6 Å². The molecule has 0 saturated heterocycles. The Morgan fingerprint density at radius 1 is 0.897 bits per heavy atom. The van der Waals surface area contributed by atoms with E-state index in [0.29, 0.717) is 5.75 Å². The molecule has 0 heterocycles. The molecule has 0 spiro atoms. The zero-order valence-corrected chi connectivity index (χ0v) is 19.7. The van der Waals surface area contributed by atoms with E-state index in [0.717, 1.165) is 50.6 Å². The van der Waals surface area contributed by atoms with Crippen LogP contribution in [0.2, 0.25) is 0 Å². The third-order valence-corrected chi connectivity index (χ3v) is 5.54. The monoisotopic (exact) mass is 420 g/mol. The van der Waals surface area contributed by atoms with Crippen LogP contribution in [0.3, 0.4) is 0 Å². The third-order valence-electron chi connectivity index (χ3n) is 4.57. The van der Waals surface area contributed by atoms with E-state index in [4.69, 9.17) is 10.5 Å². The first-order valence-electron chi connectivity index (χ1n) is 10.4. The van der Waals surface area contributed by atoms with Crippen molar-refractivity contribution in [1.29, 1.82) is 5.41 Å². The SMILES string of the molecule is CC(C)=CCCC(C)=CCCC(C)=CCCC(C)=CCSCC(NC=N)C(=O)O. The summed E-state index contributed by atoms with van der Waals surface area (Å²) in [5.74, 6) is 0.337. The molecule has 5 heteroatoms. The highest BCUT2D eigenvalue weighted by Crippen LogP contribution is 2.14. The van der Waals surface area contributed by atoms with Gasteiger partial charge in [-0.15, -0.1) is 0 Å². The van der Waals surface area contributed by atoms with Crippen molar-refractivity contribution in [2.45, 2.75) is 79.2 Å². The summed E-state index contributed by atoms with van der Waals surface area (Å²) >= 11 is 1.57. The van der Waals surface area contributed by atoms with Crippen molar-refractivity contribution in [2.75, 3.05) is 11.5 Å². The number of carbonyl (C=O) groups is 1. The van der Waals surface area contributed by atoms with Crippen molar-refractivity contribution >= 4 is 24.1 Å². The number of allylic oxidation sites excluding steroid dienone is 7. The highest BCUT2D eigenvalue weighted by atomic mass is 32.2. The minimum absolute atomic E-state index is 0.453. The molecule has 0 aromatic heterocycles. The van der Waals surface area contributed by atoms with Crippen LogP contribution in [-0.2, 0) is 4.79 Å². The Morgan fingerprint density at radius 3 is 1.83 bits per heavy atom. The van der Waals surface area contributed by atoms with E-state index in [-0.39, 0.29) is 0 Å². The van der Waals surface area contributed by atoms with Gasteiger partial charge in [0.15, 0.2) is 0 Å². The van der Waals surface area contributed by atoms with Crippen molar-refractivity contribution in [3.63, 3.8) is 0 Å². The molecule has 0 aliphatic heterocycles. The molecule has 3 N–H and O–H groups in total. The van der Waals surface area contributed by atoms with E-state index in [2.05, 4.69) is 64.2 Å². The van der Waals surface area contributed by atoms with Gasteiger partial charge in [-0.05, 0) is 73.1 Å². The Bertz CT molecular complexity index is 614. The number of thioether (sulfide) groups is 1. The van der Waals surface area contributed by atoms with Crippen LogP contribution in [0.15, 0.2) is 46.6 Å². The van der Waals surface area contributed by atoms with Crippen molar-refractivity contribution in [2.24, 2.45) is 0 Å². The zero-order valence-electron chi connectivity index (χ0n) is 18.9. The molecule has 1 unspecified atom stereocenters. The molecule has 0 bridgehead atoms. The van der Waals surface area contributed by atoms with Crippen molar-refractivity contribution in [3.8, 4) is 0 Å². The molecule has 29 heavy (non-hydrogen) atoms. The van der Waals surface area contributed by atoms with Gasteiger partial charge in [0.1, 0.15) is 6.04 Å². The molecule has 164 valence electrons. The van der Waals surface area contributed by atoms with E-state index >= 15 is 0 Å². The Labute approximate surface area is 182 Å². The Balaban J connectivity index is 4.07. The van der Waals surface area contributed by atoms with Crippen LogP contribution in [-0.4, -0.2) is 35.0 Å². The lowest BCUT2D eigenvalue weighted by molar-refractivity contribution is -0.138. The molecule has 0 aromatic rings. The summed E-state index contributed by atoms with van der Waals surface area (Å²) in [6.07, 6.45) is 16.7. The number of carboxylic acids is 1. The van der Waals surface area contributed by atoms with Crippen molar-refractivity contribution in [1.82, 2.24) is 5.32 Å². The second kappa shape index (κ2) is 17.1. The van der Waals surface area contributed by atoms with Gasteiger partial charge >= 0.3 is 5.97 Å². The summed E-state index contributed by atoms with van der Waals surface area (Å²) in [7, 11) is 0. The maximum absolute atomic E-state index is 11.0. The quantitative estimate of drug-likeness (QED) is 0.115. The lowest BCUT2D eigenvalue weighted by atomic mass is 10.0. The second-order valence-electron chi connectivity index (χ2n) is 7.79. The van der Waals surface area contributed by atoms with Crippen LogP contribution >= 0.6 is 11.8 Å². The molecule has 0 saturated carbocycles. The van der Waals surface area contributed by atoms with Crippen LogP contribution in [0.4, 0.5) is 0 Å². The molecule has 4 nitrogen and oxygen atoms in total. The molecule has 0 fully saturated rings. The number of rotatable bonds is 16. The average molecular weight is 421 g/mol. The first-order valence-corrected chi connectivity index (χ1v) is 11.6. The van der Waals surface area contributed by atoms with E-state index < -0.39 is 12.0 Å². The molecular formula is C24H40N2O2S. The first kappa shape index (κ1) is 27.2. The molecule has 0 amide bonds. The summed E-state index contributed by atoms with van der Waals surface area (Å²) in [6.45, 7) is 10.9. The number of hydrogen-bond donors (Lipinski definition) is 3. The van der Waals surface area contributed by atoms with Gasteiger partial charge in [0, 0.05) is 11.5 Å². The van der Waals surface area contributed by atoms with Gasteiger partial charge in [0.2, 0.25) is 0 Å². The normalized spacial score (nSPS) is 13.8. The van der Waals surface area contributed by atoms with Crippen molar-refractivity contribution in [3.05, 3.63) is 46.6 Å². The third kappa shape index (κ3) is 16.9. The molecule has 0 radical (unpaired) electrons. The summed E-state index contributed by atoms with van der Waals surface area (Å²) in [5.41, 5.74) is 5.65. The van der Waals surface area contributed by atoms with E-state index in [1.165, 1.54) is 22.3 Å². The summed E-state index contributed by atoms with van der Waals surface area (Å²) < 4.78 is 0. The molecule has 0 aliphatic carbocycles. The van der Waals surface area contributed by atoms with Crippen LogP contribution in [0.1, 0.15) is 73.1 Å². The molecule has 0 rings (SSSR count). The van der Waals surface area contributed by atoms with Crippen LogP contribution in [0.5, 0.6) is 0 Å². The Kier molecular flexibility index (Phi) is 16.1. The topological polar surface area (TPSA) is 73.2 Å². The predicted octanol–water partition coefficient (Wildman–Crippen LogP) is 6.52. The number of hydrogen-bond acceptors (Lipinski definition) is 3. The van der Waals surface area contributed by atoms with Gasteiger partial charge in [-0.25, -0.2) is 4.79 Å². The first-order chi connectivity index (χ1) is 13.8. The van der Waals surface area contributed by atoms with Gasteiger partial charge in [0.25, 0.3) is 0 Å². The molecule has 1 atom stereocenters. The fourth-order valence-electron chi connectivity index (χ4n) is 2.67. The smallest absolute Gasteiger partial charge is 0.327 e. The Hall–Kier alpha value is -1.75. The van der Waals surface area contributed by atoms with E-state index in [1.807, 2.05) is 0 Å². The van der Waals surface area contributed by atoms with Crippen LogP contribution < -0.4 is 5.32 Å². The van der Waals surface area contributed by atoms with Gasteiger partial charge in [-0.2, -0.15) is 11.8 Å². The fraction of sp³-hybridized carbons (Fsp3) is 0.583. The summed E-state index contributed by atoms with van der Waals surface area (Å²) in [4.78, 5) is 11.0. The number of nitrogens with one attached hydrogen (secondary N) is 2. The summed E-state index contributed by atoms with van der Waals surface area (Å²) in [5, 5.41) is 18.5. The molecule has 0 aliphatic rings. The summed E-state index contributed by atoms with van der Waals surface area (Å²) in [6, 6.07) is -0.693. The minimum Gasteiger partial charge on any atom is -0.480 e. The van der Waals surface area contributed by atoms with Crippen molar-refractivity contribution < 1.29 is 9.90 Å². The standard InChI is InChI=1S/C24H40N2O2S/c1-19(2)9-6-10-20(3)11-7-12-21(4)13-8-14-22(5)15-16-29-17-23(24(27)28)26-18-25/h9,11,13,15,18,23H,6-8,10,12,14,16-17H2,1-5H3,(H2,25,26)(H,27,28). The lowest BCUT2D eigenvalue weighted by Crippen LogP contribution is -2.37. The highest BCUT2D eigenvalue weighted by Gasteiger charge is 2.14. The second-order valence-corrected chi connectivity index (χ2v) is 8.86. The maximum Gasteiger partial charge on any atom is 0.327 e.